The average Bonchev–Trinajstić information content (AvgIpc) is 2.97. The minimum Gasteiger partial charge on any atom is -0.278 e. The number of likely N-dealkylation sites (tertiary alicyclic amines) is 1. The quantitative estimate of drug-likeness (QED) is 0.752. The summed E-state index contributed by atoms with van der Waals surface area (Å²) < 4.78 is 0. The molecule has 1 N–H and O–H groups in total. The van der Waals surface area contributed by atoms with Gasteiger partial charge in [0.1, 0.15) is 0 Å². The zero-order valence-electron chi connectivity index (χ0n) is 12.2. The lowest BCUT2D eigenvalue weighted by Gasteiger charge is -2.39. The van der Waals surface area contributed by atoms with Gasteiger partial charge in [-0.2, -0.15) is 10.5 Å². The number of aromatic amines is 1. The molecular formula is C12H19N7O2. The molecule has 0 aromatic carbocycles. The van der Waals surface area contributed by atoms with E-state index in [-0.39, 0.29) is 18.0 Å². The van der Waals surface area contributed by atoms with Gasteiger partial charge in [-0.25, -0.2) is 5.06 Å². The smallest absolute Gasteiger partial charge is 0.243 e. The van der Waals surface area contributed by atoms with Crippen molar-refractivity contribution in [2.45, 2.75) is 45.3 Å². The Balaban J connectivity index is 2.07. The van der Waals surface area contributed by atoms with Crippen LogP contribution in [0.15, 0.2) is 0 Å². The molecule has 1 aliphatic heterocycles. The summed E-state index contributed by atoms with van der Waals surface area (Å²) in [6, 6.07) is 2.00. The number of aromatic nitrogens is 4. The minimum atomic E-state index is -0.213. The van der Waals surface area contributed by atoms with Gasteiger partial charge in [-0.05, 0) is 19.8 Å². The first-order valence-electron chi connectivity index (χ1n) is 6.94. The predicted molar refractivity (Wildman–Crippen MR) is 71.2 cm³/mol. The van der Waals surface area contributed by atoms with Crippen molar-refractivity contribution >= 4 is 5.91 Å². The summed E-state index contributed by atoms with van der Waals surface area (Å²) in [4.78, 5) is 19.1. The molecule has 0 radical (unpaired) electrons. The Bertz CT molecular complexity index is 498. The highest BCUT2D eigenvalue weighted by Crippen LogP contribution is 2.22. The van der Waals surface area contributed by atoms with Gasteiger partial charge in [0.2, 0.25) is 5.91 Å². The lowest BCUT2D eigenvalue weighted by molar-refractivity contribution is -0.202. The number of rotatable bonds is 5. The second-order valence-electron chi connectivity index (χ2n) is 4.90. The fraction of sp³-hybridized carbons (Fsp3) is 0.750. The summed E-state index contributed by atoms with van der Waals surface area (Å²) in [6.45, 7) is 4.72. The molecule has 0 bridgehead atoms. The van der Waals surface area contributed by atoms with Gasteiger partial charge in [-0.1, -0.05) is 5.21 Å². The van der Waals surface area contributed by atoms with E-state index in [2.05, 4.69) is 26.7 Å². The van der Waals surface area contributed by atoms with Crippen LogP contribution in [0.5, 0.6) is 0 Å². The zero-order valence-corrected chi connectivity index (χ0v) is 12.2. The molecule has 0 unspecified atom stereocenters. The van der Waals surface area contributed by atoms with Gasteiger partial charge >= 0.3 is 0 Å². The van der Waals surface area contributed by atoms with E-state index in [4.69, 9.17) is 4.84 Å². The number of nitrogens with zero attached hydrogens (tertiary/aromatic N) is 6. The molecule has 2 atom stereocenters. The number of carbonyl (C=O) groups is 1. The molecule has 9 nitrogen and oxygen atoms in total. The second kappa shape index (κ2) is 7.10. The summed E-state index contributed by atoms with van der Waals surface area (Å²) in [5.74, 6) is 0.401. The van der Waals surface area contributed by atoms with E-state index in [9.17, 15) is 10.1 Å². The normalized spacial score (nSPS) is 22.7. The topological polar surface area (TPSA) is 111 Å². The third kappa shape index (κ3) is 3.74. The molecule has 1 aromatic heterocycles. The van der Waals surface area contributed by atoms with Crippen LogP contribution in [-0.4, -0.2) is 61.7 Å². The van der Waals surface area contributed by atoms with E-state index in [0.29, 0.717) is 31.9 Å². The molecular weight excluding hydrogens is 274 g/mol. The van der Waals surface area contributed by atoms with Crippen LogP contribution in [0.4, 0.5) is 0 Å². The van der Waals surface area contributed by atoms with Gasteiger partial charge in [-0.3, -0.25) is 14.5 Å². The lowest BCUT2D eigenvalue weighted by Crippen LogP contribution is -2.52. The highest BCUT2D eigenvalue weighted by molar-refractivity contribution is 5.72. The molecule has 2 rings (SSSR count). The van der Waals surface area contributed by atoms with E-state index < -0.39 is 0 Å². The maximum atomic E-state index is 11.7. The Morgan fingerprint density at radius 3 is 3.00 bits per heavy atom. The first-order valence-corrected chi connectivity index (χ1v) is 6.94. The Morgan fingerprint density at radius 1 is 1.62 bits per heavy atom. The van der Waals surface area contributed by atoms with Gasteiger partial charge in [0.05, 0.1) is 31.3 Å². The Morgan fingerprint density at radius 2 is 2.43 bits per heavy atom. The fourth-order valence-electron chi connectivity index (χ4n) is 2.56. The van der Waals surface area contributed by atoms with Crippen LogP contribution < -0.4 is 0 Å². The van der Waals surface area contributed by atoms with E-state index in [1.165, 1.54) is 12.0 Å². The number of hydroxylamine groups is 2. The molecule has 1 aromatic rings. The highest BCUT2D eigenvalue weighted by atomic mass is 16.7. The molecule has 0 saturated carbocycles. The monoisotopic (exact) mass is 293 g/mol. The summed E-state index contributed by atoms with van der Waals surface area (Å²) in [5.41, 5.74) is 0. The number of carbonyl (C=O) groups excluding carboxylic acids is 1. The number of H-pyrrole nitrogens is 1. The number of hydrogen-bond acceptors (Lipinski definition) is 7. The van der Waals surface area contributed by atoms with Crippen molar-refractivity contribution in [1.29, 1.82) is 5.26 Å². The van der Waals surface area contributed by atoms with Crippen molar-refractivity contribution in [3.05, 3.63) is 5.82 Å². The third-order valence-corrected chi connectivity index (χ3v) is 3.45. The summed E-state index contributed by atoms with van der Waals surface area (Å²) in [7, 11) is 0. The molecule has 21 heavy (non-hydrogen) atoms. The number of tetrazole rings is 1. The van der Waals surface area contributed by atoms with Gasteiger partial charge in [0.15, 0.2) is 5.82 Å². The first kappa shape index (κ1) is 15.3. The molecule has 1 amide bonds. The predicted octanol–water partition coefficient (Wildman–Crippen LogP) is -0.144. The van der Waals surface area contributed by atoms with Crippen molar-refractivity contribution < 1.29 is 9.63 Å². The van der Waals surface area contributed by atoms with Gasteiger partial charge in [-0.15, -0.1) is 10.2 Å². The number of piperidine rings is 1. The van der Waals surface area contributed by atoms with Crippen LogP contribution in [0.3, 0.4) is 0 Å². The molecule has 0 spiro atoms. The van der Waals surface area contributed by atoms with Crippen LogP contribution in [0.25, 0.3) is 0 Å². The van der Waals surface area contributed by atoms with Crippen LogP contribution in [0, 0.1) is 11.3 Å². The van der Waals surface area contributed by atoms with Crippen molar-refractivity contribution in [2.24, 2.45) is 0 Å². The van der Waals surface area contributed by atoms with E-state index in [1.54, 1.807) is 0 Å². The van der Waals surface area contributed by atoms with E-state index in [1.807, 2.05) is 11.8 Å². The molecule has 0 aliphatic carbocycles. The van der Waals surface area contributed by atoms with Crippen LogP contribution in [-0.2, 0) is 16.2 Å². The molecule has 114 valence electrons. The van der Waals surface area contributed by atoms with Crippen molar-refractivity contribution in [1.82, 2.24) is 30.6 Å². The van der Waals surface area contributed by atoms with E-state index >= 15 is 0 Å². The standard InChI is InChI=1S/C12H19N7O2/c1-3-21-19(9(2)20)11-5-4-10(6-13)18(7-11)8-12-14-16-17-15-12/h10-11H,3-5,7-8H2,1-2H3,(H,14,15,16,17)/t10-,11+/m0/s1. The second-order valence-corrected chi connectivity index (χ2v) is 4.90. The molecule has 2 heterocycles. The van der Waals surface area contributed by atoms with Gasteiger partial charge in [0.25, 0.3) is 0 Å². The lowest BCUT2D eigenvalue weighted by atomic mass is 9.98. The maximum absolute atomic E-state index is 11.7. The highest BCUT2D eigenvalue weighted by Gasteiger charge is 2.33. The molecule has 1 fully saturated rings. The van der Waals surface area contributed by atoms with Gasteiger partial charge in [0, 0.05) is 13.5 Å². The Hall–Kier alpha value is -2.05. The summed E-state index contributed by atoms with van der Waals surface area (Å²) in [6.07, 6.45) is 1.41. The Kier molecular flexibility index (Phi) is 5.19. The van der Waals surface area contributed by atoms with Crippen LogP contribution in [0.1, 0.15) is 32.5 Å². The molecule has 1 saturated heterocycles. The number of amides is 1. The zero-order chi connectivity index (χ0) is 15.2. The van der Waals surface area contributed by atoms with Crippen molar-refractivity contribution in [3.8, 4) is 6.07 Å². The van der Waals surface area contributed by atoms with Crippen LogP contribution in [0.2, 0.25) is 0 Å². The first-order chi connectivity index (χ1) is 10.2. The number of hydrogen-bond donors (Lipinski definition) is 1. The fourth-order valence-corrected chi connectivity index (χ4v) is 2.56. The third-order valence-electron chi connectivity index (χ3n) is 3.45. The maximum Gasteiger partial charge on any atom is 0.243 e. The van der Waals surface area contributed by atoms with E-state index in [0.717, 1.165) is 6.42 Å². The molecule has 1 aliphatic rings. The average molecular weight is 293 g/mol. The number of nitrogens with one attached hydrogen (secondary N) is 1. The van der Waals surface area contributed by atoms with Crippen LogP contribution >= 0.6 is 0 Å². The molecule has 9 heteroatoms. The SMILES string of the molecule is CCON(C(C)=O)[C@@H]1CC[C@@H](C#N)N(Cc2nn[nH]n2)C1. The Labute approximate surface area is 122 Å². The van der Waals surface area contributed by atoms with Crippen molar-refractivity contribution in [3.63, 3.8) is 0 Å². The van der Waals surface area contributed by atoms with Crippen molar-refractivity contribution in [2.75, 3.05) is 13.2 Å². The number of nitriles is 1. The van der Waals surface area contributed by atoms with Gasteiger partial charge < -0.3 is 0 Å². The summed E-state index contributed by atoms with van der Waals surface area (Å²) in [5, 5.41) is 24.4. The minimum absolute atomic E-state index is 0.0704. The largest absolute Gasteiger partial charge is 0.278 e. The summed E-state index contributed by atoms with van der Waals surface area (Å²) >= 11 is 0.